The molecule has 0 fully saturated rings. The molecule has 0 unspecified atom stereocenters. The van der Waals surface area contributed by atoms with Crippen LogP contribution in [0, 0.1) is 0 Å². The highest BCUT2D eigenvalue weighted by molar-refractivity contribution is 7.11. The lowest BCUT2D eigenvalue weighted by atomic mass is 10.1. The summed E-state index contributed by atoms with van der Waals surface area (Å²) < 4.78 is 11.2. The third kappa shape index (κ3) is 4.36. The van der Waals surface area contributed by atoms with E-state index < -0.39 is 5.97 Å². The highest BCUT2D eigenvalue weighted by Crippen LogP contribution is 2.34. The molecule has 0 bridgehead atoms. The molecule has 1 heterocycles. The summed E-state index contributed by atoms with van der Waals surface area (Å²) in [5.41, 5.74) is 0.944. The van der Waals surface area contributed by atoms with Gasteiger partial charge in [-0.05, 0) is 30.0 Å². The quantitative estimate of drug-likeness (QED) is 0.569. The number of ether oxygens (including phenoxy) is 2. The number of hydrogen-bond acceptors (Lipinski definition) is 4. The smallest absolute Gasteiger partial charge is 0.337 e. The molecule has 1 aromatic carbocycles. The minimum atomic E-state index is -0.963. The number of thiophene rings is 1. The molecule has 0 radical (unpaired) electrons. The predicted molar refractivity (Wildman–Crippen MR) is 93.2 cm³/mol. The van der Waals surface area contributed by atoms with Crippen molar-refractivity contribution in [2.75, 3.05) is 13.7 Å². The maximum absolute atomic E-state index is 11.6. The van der Waals surface area contributed by atoms with Crippen molar-refractivity contribution < 1.29 is 19.4 Å². The molecule has 5 heteroatoms. The van der Waals surface area contributed by atoms with Crippen molar-refractivity contribution in [2.24, 2.45) is 0 Å². The number of carboxylic acid groups (broad SMARTS) is 1. The normalized spacial score (nSPS) is 11.3. The van der Waals surface area contributed by atoms with Crippen molar-refractivity contribution in [2.45, 2.75) is 19.8 Å². The fraction of sp³-hybridized carbons (Fsp3) is 0.278. The Labute approximate surface area is 140 Å². The van der Waals surface area contributed by atoms with Gasteiger partial charge in [0.2, 0.25) is 0 Å². The van der Waals surface area contributed by atoms with E-state index in [1.165, 1.54) is 11.3 Å². The lowest BCUT2D eigenvalue weighted by molar-refractivity contribution is -0.130. The molecule has 0 atom stereocenters. The second-order valence-electron chi connectivity index (χ2n) is 4.92. The molecule has 122 valence electrons. The number of aliphatic carboxylic acids is 1. The summed E-state index contributed by atoms with van der Waals surface area (Å²) in [4.78, 5) is 12.3. The van der Waals surface area contributed by atoms with Crippen molar-refractivity contribution in [1.82, 2.24) is 0 Å². The summed E-state index contributed by atoms with van der Waals surface area (Å²) in [6.45, 7) is 2.66. The van der Waals surface area contributed by atoms with Gasteiger partial charge in [-0.2, -0.15) is 0 Å². The summed E-state index contributed by atoms with van der Waals surface area (Å²) in [5, 5.41) is 11.4. The fourth-order valence-corrected chi connectivity index (χ4v) is 2.84. The van der Waals surface area contributed by atoms with Crippen LogP contribution in [0.4, 0.5) is 0 Å². The maximum atomic E-state index is 11.6. The molecule has 2 aromatic rings. The Hall–Kier alpha value is -2.27. The van der Waals surface area contributed by atoms with Crippen LogP contribution in [0.2, 0.25) is 0 Å². The molecule has 0 amide bonds. The minimum Gasteiger partial charge on any atom is -0.493 e. The van der Waals surface area contributed by atoms with Crippen molar-refractivity contribution in [3.63, 3.8) is 0 Å². The topological polar surface area (TPSA) is 55.8 Å². The Bertz CT molecular complexity index is 674. The average Bonchev–Trinajstić information content (AvgIpc) is 3.07. The summed E-state index contributed by atoms with van der Waals surface area (Å²) in [7, 11) is 1.58. The molecule has 1 aromatic heterocycles. The van der Waals surface area contributed by atoms with E-state index in [1.54, 1.807) is 19.3 Å². The lowest BCUT2D eigenvalue weighted by Gasteiger charge is -2.13. The van der Waals surface area contributed by atoms with E-state index >= 15 is 0 Å². The van der Waals surface area contributed by atoms with Gasteiger partial charge >= 0.3 is 5.97 Å². The van der Waals surface area contributed by atoms with Crippen molar-refractivity contribution in [3.8, 4) is 11.5 Å². The predicted octanol–water partition coefficient (Wildman–Crippen LogP) is 4.56. The molecule has 4 nitrogen and oxygen atoms in total. The molecule has 0 aliphatic heterocycles. The number of benzene rings is 1. The van der Waals surface area contributed by atoms with Crippen LogP contribution in [0.25, 0.3) is 11.6 Å². The molecule has 1 N–H and O–H groups in total. The van der Waals surface area contributed by atoms with Crippen molar-refractivity contribution in [3.05, 3.63) is 46.2 Å². The number of para-hydroxylation sites is 1. The first kappa shape index (κ1) is 17.1. The van der Waals surface area contributed by atoms with E-state index in [1.807, 2.05) is 29.6 Å². The van der Waals surface area contributed by atoms with Gasteiger partial charge < -0.3 is 14.6 Å². The van der Waals surface area contributed by atoms with Gasteiger partial charge in [0.15, 0.2) is 11.5 Å². The largest absolute Gasteiger partial charge is 0.493 e. The van der Waals surface area contributed by atoms with Gasteiger partial charge in [-0.15, -0.1) is 11.3 Å². The van der Waals surface area contributed by atoms with Gasteiger partial charge in [0.25, 0.3) is 0 Å². The first-order valence-corrected chi connectivity index (χ1v) is 8.34. The Morgan fingerprint density at radius 2 is 2.13 bits per heavy atom. The number of rotatable bonds is 8. The van der Waals surface area contributed by atoms with Crippen LogP contribution in [0.3, 0.4) is 0 Å². The van der Waals surface area contributed by atoms with E-state index in [0.717, 1.165) is 12.8 Å². The van der Waals surface area contributed by atoms with Gasteiger partial charge in [-0.25, -0.2) is 4.79 Å². The standard InChI is InChI=1S/C18H20O4S/c1-3-4-10-22-17-13(7-5-8-15(17)21-2)12-14(18(19)20)16-9-6-11-23-16/h5-9,11-12H,3-4,10H2,1-2H3,(H,19,20)/b14-12-. The molecule has 23 heavy (non-hydrogen) atoms. The van der Waals surface area contributed by atoms with Crippen LogP contribution in [-0.2, 0) is 4.79 Å². The van der Waals surface area contributed by atoms with Crippen molar-refractivity contribution >= 4 is 29.0 Å². The van der Waals surface area contributed by atoms with E-state index in [2.05, 4.69) is 6.92 Å². The SMILES string of the molecule is CCCCOc1c(/C=C(\C(=O)O)c2cccs2)cccc1OC. The third-order valence-corrected chi connectivity index (χ3v) is 4.19. The van der Waals surface area contributed by atoms with E-state index in [0.29, 0.717) is 28.5 Å². The number of carboxylic acids is 1. The molecular formula is C18H20O4S. The summed E-state index contributed by atoms with van der Waals surface area (Å²) in [6.07, 6.45) is 3.59. The highest BCUT2D eigenvalue weighted by Gasteiger charge is 2.15. The molecule has 0 aliphatic carbocycles. The zero-order valence-corrected chi connectivity index (χ0v) is 14.1. The Kier molecular flexibility index (Phi) is 6.23. The number of hydrogen-bond donors (Lipinski definition) is 1. The average molecular weight is 332 g/mol. The van der Waals surface area contributed by atoms with Crippen molar-refractivity contribution in [1.29, 1.82) is 0 Å². The van der Waals surface area contributed by atoms with Crippen LogP contribution in [0.5, 0.6) is 11.5 Å². The fourth-order valence-electron chi connectivity index (χ4n) is 2.11. The highest BCUT2D eigenvalue weighted by atomic mass is 32.1. The maximum Gasteiger partial charge on any atom is 0.337 e. The van der Waals surface area contributed by atoms with Gasteiger partial charge in [-0.3, -0.25) is 0 Å². The monoisotopic (exact) mass is 332 g/mol. The molecule has 0 spiro atoms. The molecule has 0 saturated heterocycles. The number of methoxy groups -OCH3 is 1. The Morgan fingerprint density at radius 1 is 1.30 bits per heavy atom. The summed E-state index contributed by atoms with van der Waals surface area (Å²) in [6, 6.07) is 9.10. The third-order valence-electron chi connectivity index (χ3n) is 3.29. The van der Waals surface area contributed by atoms with E-state index in [9.17, 15) is 9.90 Å². The van der Waals surface area contributed by atoms with Gasteiger partial charge in [0.05, 0.1) is 19.3 Å². The Balaban J connectivity index is 2.44. The van der Waals surface area contributed by atoms with Crippen LogP contribution in [0.15, 0.2) is 35.7 Å². The van der Waals surface area contributed by atoms with E-state index in [-0.39, 0.29) is 5.57 Å². The summed E-state index contributed by atoms with van der Waals surface area (Å²) >= 11 is 1.39. The second kappa shape index (κ2) is 8.39. The van der Waals surface area contributed by atoms with E-state index in [4.69, 9.17) is 9.47 Å². The first-order chi connectivity index (χ1) is 11.2. The first-order valence-electron chi connectivity index (χ1n) is 7.46. The van der Waals surface area contributed by atoms with Crippen LogP contribution in [0.1, 0.15) is 30.2 Å². The minimum absolute atomic E-state index is 0.244. The van der Waals surface area contributed by atoms with Gasteiger partial charge in [-0.1, -0.05) is 31.5 Å². The molecule has 2 rings (SSSR count). The van der Waals surface area contributed by atoms with Gasteiger partial charge in [0, 0.05) is 10.4 Å². The molecule has 0 saturated carbocycles. The Morgan fingerprint density at radius 3 is 2.74 bits per heavy atom. The molecule has 0 aliphatic rings. The summed E-state index contributed by atoms with van der Waals surface area (Å²) in [5.74, 6) is 0.222. The lowest BCUT2D eigenvalue weighted by Crippen LogP contribution is -2.02. The second-order valence-corrected chi connectivity index (χ2v) is 5.87. The zero-order valence-electron chi connectivity index (χ0n) is 13.2. The van der Waals surface area contributed by atoms with Crippen LogP contribution >= 0.6 is 11.3 Å². The van der Waals surface area contributed by atoms with Crippen LogP contribution in [-0.4, -0.2) is 24.8 Å². The number of unbranched alkanes of at least 4 members (excludes halogenated alkanes) is 1. The van der Waals surface area contributed by atoms with Gasteiger partial charge in [0.1, 0.15) is 0 Å². The molecular weight excluding hydrogens is 312 g/mol. The number of carbonyl (C=O) groups is 1. The van der Waals surface area contributed by atoms with Crippen LogP contribution < -0.4 is 9.47 Å². The zero-order chi connectivity index (χ0) is 16.7.